The summed E-state index contributed by atoms with van der Waals surface area (Å²) in [5.74, 6) is -0.780. The quantitative estimate of drug-likeness (QED) is 0.875. The minimum absolute atomic E-state index is 0.00280. The number of hydrogen-bond acceptors (Lipinski definition) is 2. The topological polar surface area (TPSA) is 49.3 Å². The van der Waals surface area contributed by atoms with Crippen molar-refractivity contribution in [3.8, 4) is 0 Å². The summed E-state index contributed by atoms with van der Waals surface area (Å²) >= 11 is 5.70. The van der Waals surface area contributed by atoms with Crippen molar-refractivity contribution in [2.75, 3.05) is 6.61 Å². The second-order valence-corrected chi connectivity index (χ2v) is 5.57. The fourth-order valence-corrected chi connectivity index (χ4v) is 1.95. The number of carbonyl (C=O) groups is 1. The number of rotatable bonds is 5. The molecule has 1 aromatic carbocycles. The van der Waals surface area contributed by atoms with Crippen molar-refractivity contribution in [3.05, 3.63) is 34.6 Å². The Morgan fingerprint density at radius 3 is 2.68 bits per heavy atom. The SMILES string of the molecule is C[C@@H](CCO)NC(=O)C(C)(C)c1ccc(Cl)cc1F. The second kappa shape index (κ2) is 6.35. The van der Waals surface area contributed by atoms with Crippen molar-refractivity contribution >= 4 is 17.5 Å². The van der Waals surface area contributed by atoms with Crippen molar-refractivity contribution in [1.29, 1.82) is 0 Å². The summed E-state index contributed by atoms with van der Waals surface area (Å²) in [6.07, 6.45) is 0.463. The third-order valence-electron chi connectivity index (χ3n) is 3.11. The Labute approximate surface area is 117 Å². The standard InChI is InChI=1S/C14H19ClFNO2/c1-9(6-7-18)17-13(19)14(2,3)11-5-4-10(15)8-12(11)16/h4-5,8-9,18H,6-7H2,1-3H3,(H,17,19)/t9-/m0/s1. The van der Waals surface area contributed by atoms with Gasteiger partial charge in [-0.3, -0.25) is 4.79 Å². The van der Waals surface area contributed by atoms with Gasteiger partial charge in [0.15, 0.2) is 0 Å². The summed E-state index contributed by atoms with van der Waals surface area (Å²) in [6.45, 7) is 5.10. The van der Waals surface area contributed by atoms with Gasteiger partial charge in [0, 0.05) is 23.2 Å². The first-order valence-corrected chi connectivity index (χ1v) is 6.54. The molecule has 0 aliphatic carbocycles. The van der Waals surface area contributed by atoms with Gasteiger partial charge >= 0.3 is 0 Å². The van der Waals surface area contributed by atoms with Crippen LogP contribution in [0.4, 0.5) is 4.39 Å². The summed E-state index contributed by atoms with van der Waals surface area (Å²) in [4.78, 5) is 12.2. The monoisotopic (exact) mass is 287 g/mol. The molecule has 106 valence electrons. The molecule has 0 aliphatic heterocycles. The van der Waals surface area contributed by atoms with Crippen LogP contribution in [0.3, 0.4) is 0 Å². The van der Waals surface area contributed by atoms with E-state index in [4.69, 9.17) is 16.7 Å². The highest BCUT2D eigenvalue weighted by atomic mass is 35.5. The van der Waals surface area contributed by atoms with E-state index < -0.39 is 11.2 Å². The second-order valence-electron chi connectivity index (χ2n) is 5.14. The molecule has 0 unspecified atom stereocenters. The fourth-order valence-electron chi connectivity index (χ4n) is 1.79. The van der Waals surface area contributed by atoms with Crippen molar-refractivity contribution < 1.29 is 14.3 Å². The molecule has 0 spiro atoms. The lowest BCUT2D eigenvalue weighted by atomic mass is 9.83. The lowest BCUT2D eigenvalue weighted by Gasteiger charge is -2.26. The van der Waals surface area contributed by atoms with Crippen LogP contribution in [0.25, 0.3) is 0 Å². The van der Waals surface area contributed by atoms with Gasteiger partial charge < -0.3 is 10.4 Å². The van der Waals surface area contributed by atoms with Crippen molar-refractivity contribution in [2.24, 2.45) is 0 Å². The molecule has 2 N–H and O–H groups in total. The molecular formula is C14H19ClFNO2. The number of carbonyl (C=O) groups excluding carboxylic acids is 1. The van der Waals surface area contributed by atoms with Gasteiger partial charge in [-0.1, -0.05) is 17.7 Å². The van der Waals surface area contributed by atoms with Crippen LogP contribution in [-0.2, 0) is 10.2 Å². The van der Waals surface area contributed by atoms with Gasteiger partial charge in [0.05, 0.1) is 5.41 Å². The molecule has 3 nitrogen and oxygen atoms in total. The van der Waals surface area contributed by atoms with Gasteiger partial charge in [-0.05, 0) is 39.3 Å². The Hall–Kier alpha value is -1.13. The molecule has 0 heterocycles. The molecule has 0 aromatic heterocycles. The smallest absolute Gasteiger partial charge is 0.230 e. The van der Waals surface area contributed by atoms with Crippen molar-refractivity contribution in [2.45, 2.75) is 38.6 Å². The molecule has 1 aromatic rings. The lowest BCUT2D eigenvalue weighted by molar-refractivity contribution is -0.126. The number of aliphatic hydroxyl groups is 1. The highest BCUT2D eigenvalue weighted by Crippen LogP contribution is 2.28. The molecule has 0 saturated carbocycles. The van der Waals surface area contributed by atoms with Gasteiger partial charge in [0.1, 0.15) is 5.82 Å². The van der Waals surface area contributed by atoms with Gasteiger partial charge in [-0.15, -0.1) is 0 Å². The van der Waals surface area contributed by atoms with Gasteiger partial charge in [0.25, 0.3) is 0 Å². The summed E-state index contributed by atoms with van der Waals surface area (Å²) in [5, 5.41) is 11.9. The van der Waals surface area contributed by atoms with Crippen LogP contribution in [0.1, 0.15) is 32.8 Å². The van der Waals surface area contributed by atoms with E-state index in [0.29, 0.717) is 17.0 Å². The normalized spacial score (nSPS) is 13.2. The maximum atomic E-state index is 13.9. The van der Waals surface area contributed by atoms with Crippen molar-refractivity contribution in [1.82, 2.24) is 5.32 Å². The van der Waals surface area contributed by atoms with E-state index in [0.717, 1.165) is 0 Å². The van der Waals surface area contributed by atoms with E-state index in [1.807, 2.05) is 0 Å². The Bertz CT molecular complexity index is 463. The number of benzene rings is 1. The molecule has 0 fully saturated rings. The minimum atomic E-state index is -1.00. The average molecular weight is 288 g/mol. The van der Waals surface area contributed by atoms with Crippen LogP contribution < -0.4 is 5.32 Å². The van der Waals surface area contributed by atoms with E-state index in [-0.39, 0.29) is 18.6 Å². The molecule has 1 atom stereocenters. The zero-order valence-electron chi connectivity index (χ0n) is 11.3. The number of amides is 1. The van der Waals surface area contributed by atoms with Crippen LogP contribution in [0, 0.1) is 5.82 Å². The molecule has 5 heteroatoms. The van der Waals surface area contributed by atoms with Gasteiger partial charge in [0.2, 0.25) is 5.91 Å². The average Bonchev–Trinajstić information content (AvgIpc) is 2.28. The van der Waals surface area contributed by atoms with Crippen LogP contribution in [-0.4, -0.2) is 23.7 Å². The summed E-state index contributed by atoms with van der Waals surface area (Å²) in [6, 6.07) is 4.12. The highest BCUT2D eigenvalue weighted by Gasteiger charge is 2.33. The van der Waals surface area contributed by atoms with E-state index in [2.05, 4.69) is 5.32 Å². The predicted molar refractivity (Wildman–Crippen MR) is 73.7 cm³/mol. The summed E-state index contributed by atoms with van der Waals surface area (Å²) in [5.41, 5.74) is -0.705. The zero-order valence-corrected chi connectivity index (χ0v) is 12.1. The van der Waals surface area contributed by atoms with E-state index in [1.165, 1.54) is 12.1 Å². The van der Waals surface area contributed by atoms with E-state index in [9.17, 15) is 9.18 Å². The highest BCUT2D eigenvalue weighted by molar-refractivity contribution is 6.30. The molecule has 0 aliphatic rings. The molecule has 19 heavy (non-hydrogen) atoms. The lowest BCUT2D eigenvalue weighted by Crippen LogP contribution is -2.44. The molecular weight excluding hydrogens is 269 g/mol. The Morgan fingerprint density at radius 2 is 2.16 bits per heavy atom. The van der Waals surface area contributed by atoms with Gasteiger partial charge in [-0.2, -0.15) is 0 Å². The maximum absolute atomic E-state index is 13.9. The number of halogens is 2. The largest absolute Gasteiger partial charge is 0.396 e. The summed E-state index contributed by atoms with van der Waals surface area (Å²) < 4.78 is 13.9. The number of nitrogens with one attached hydrogen (secondary N) is 1. The van der Waals surface area contributed by atoms with Gasteiger partial charge in [-0.25, -0.2) is 4.39 Å². The Morgan fingerprint density at radius 1 is 1.53 bits per heavy atom. The van der Waals surface area contributed by atoms with E-state index in [1.54, 1.807) is 26.8 Å². The number of hydrogen-bond donors (Lipinski definition) is 2. The Balaban J connectivity index is 2.93. The first kappa shape index (κ1) is 15.9. The predicted octanol–water partition coefficient (Wildman–Crippen LogP) is 2.64. The molecule has 0 bridgehead atoms. The van der Waals surface area contributed by atoms with Crippen molar-refractivity contribution in [3.63, 3.8) is 0 Å². The third kappa shape index (κ3) is 3.91. The third-order valence-corrected chi connectivity index (χ3v) is 3.35. The molecule has 0 saturated heterocycles. The minimum Gasteiger partial charge on any atom is -0.396 e. The number of aliphatic hydroxyl groups excluding tert-OH is 1. The molecule has 1 rings (SSSR count). The fraction of sp³-hybridized carbons (Fsp3) is 0.500. The van der Waals surface area contributed by atoms with E-state index >= 15 is 0 Å². The summed E-state index contributed by atoms with van der Waals surface area (Å²) in [7, 11) is 0. The zero-order chi connectivity index (χ0) is 14.6. The van der Waals surface area contributed by atoms with Crippen LogP contribution >= 0.6 is 11.6 Å². The molecule has 0 radical (unpaired) electrons. The first-order valence-electron chi connectivity index (χ1n) is 6.16. The van der Waals surface area contributed by atoms with Crippen LogP contribution in [0.2, 0.25) is 5.02 Å². The first-order chi connectivity index (χ1) is 8.78. The van der Waals surface area contributed by atoms with Crippen LogP contribution in [0.5, 0.6) is 0 Å². The maximum Gasteiger partial charge on any atom is 0.230 e. The Kier molecular flexibility index (Phi) is 5.32. The van der Waals surface area contributed by atoms with Crippen LogP contribution in [0.15, 0.2) is 18.2 Å². The molecule has 1 amide bonds.